The zero-order valence-corrected chi connectivity index (χ0v) is 9.51. The average molecular weight is 228 g/mol. The smallest absolute Gasteiger partial charge is 0.338 e. The number of benzene rings is 1. The van der Waals surface area contributed by atoms with Gasteiger partial charge in [-0.2, -0.15) is 0 Å². The summed E-state index contributed by atoms with van der Waals surface area (Å²) in [5.41, 5.74) is 2.48. The molecule has 0 amide bonds. The molecule has 86 valence electrons. The Morgan fingerprint density at radius 2 is 2.41 bits per heavy atom. The highest BCUT2D eigenvalue weighted by molar-refractivity contribution is 6.01. The predicted octanol–water partition coefficient (Wildman–Crippen LogP) is 2.53. The number of rotatable bonds is 2. The molecule has 0 saturated heterocycles. The highest BCUT2D eigenvalue weighted by atomic mass is 16.5. The minimum absolute atomic E-state index is 0.292. The number of nitrogens with zero attached hydrogens (tertiary/aromatic N) is 2. The number of carbonyl (C=O) groups excluding carboxylic acids is 1. The zero-order valence-electron chi connectivity index (χ0n) is 9.51. The fourth-order valence-corrected chi connectivity index (χ4v) is 2.14. The van der Waals surface area contributed by atoms with Crippen molar-refractivity contribution in [2.45, 2.75) is 13.5 Å². The molecule has 4 nitrogen and oxygen atoms in total. The normalized spacial score (nSPS) is 13.0. The summed E-state index contributed by atoms with van der Waals surface area (Å²) >= 11 is 0. The van der Waals surface area contributed by atoms with Crippen molar-refractivity contribution in [1.82, 2.24) is 4.57 Å². The van der Waals surface area contributed by atoms with E-state index >= 15 is 0 Å². The molecule has 0 N–H and O–H groups in total. The van der Waals surface area contributed by atoms with Crippen molar-refractivity contribution in [3.8, 4) is 0 Å². The Kier molecular flexibility index (Phi) is 2.21. The number of carbonyl (C=O) groups is 1. The first kappa shape index (κ1) is 10.1. The third-order valence-electron chi connectivity index (χ3n) is 2.86. The van der Waals surface area contributed by atoms with Crippen molar-refractivity contribution < 1.29 is 9.53 Å². The summed E-state index contributed by atoms with van der Waals surface area (Å²) in [6.45, 7) is 2.97. The number of aliphatic imine (C=N–C) groups is 1. The molecular formula is C13H12N2O2. The molecule has 0 spiro atoms. The summed E-state index contributed by atoms with van der Waals surface area (Å²) in [6, 6.07) is 5.64. The van der Waals surface area contributed by atoms with Crippen LogP contribution < -0.4 is 0 Å². The van der Waals surface area contributed by atoms with Crippen molar-refractivity contribution >= 4 is 28.8 Å². The summed E-state index contributed by atoms with van der Waals surface area (Å²) in [5.74, 6) is -0.292. The molecule has 2 heterocycles. The van der Waals surface area contributed by atoms with Crippen LogP contribution in [0.3, 0.4) is 0 Å². The van der Waals surface area contributed by atoms with Gasteiger partial charge in [-0.1, -0.05) is 0 Å². The second-order valence-electron chi connectivity index (χ2n) is 3.93. The van der Waals surface area contributed by atoms with Crippen LogP contribution in [-0.2, 0) is 11.3 Å². The van der Waals surface area contributed by atoms with Crippen molar-refractivity contribution in [3.05, 3.63) is 30.0 Å². The molecule has 0 saturated carbocycles. The molecule has 1 aromatic carbocycles. The van der Waals surface area contributed by atoms with Crippen molar-refractivity contribution in [2.75, 3.05) is 6.61 Å². The van der Waals surface area contributed by atoms with Gasteiger partial charge in [-0.15, -0.1) is 0 Å². The van der Waals surface area contributed by atoms with E-state index in [4.69, 9.17) is 4.74 Å². The van der Waals surface area contributed by atoms with Crippen LogP contribution in [0.4, 0.5) is 5.69 Å². The van der Waals surface area contributed by atoms with Gasteiger partial charge in [0.15, 0.2) is 0 Å². The van der Waals surface area contributed by atoms with E-state index in [0.29, 0.717) is 12.2 Å². The number of esters is 1. The zero-order chi connectivity index (χ0) is 11.8. The molecule has 1 aliphatic heterocycles. The first-order chi connectivity index (χ1) is 8.29. The maximum absolute atomic E-state index is 11.7. The molecule has 4 heteroatoms. The third-order valence-corrected chi connectivity index (χ3v) is 2.86. The Hall–Kier alpha value is -2.10. The van der Waals surface area contributed by atoms with Gasteiger partial charge < -0.3 is 9.30 Å². The fraction of sp³-hybridized carbons (Fsp3) is 0.231. The Morgan fingerprint density at radius 3 is 3.24 bits per heavy atom. The topological polar surface area (TPSA) is 43.6 Å². The molecule has 1 aliphatic rings. The van der Waals surface area contributed by atoms with Crippen LogP contribution in [0, 0.1) is 0 Å². The lowest BCUT2D eigenvalue weighted by atomic mass is 10.1. The van der Waals surface area contributed by atoms with E-state index in [9.17, 15) is 4.79 Å². The van der Waals surface area contributed by atoms with Gasteiger partial charge in [0.25, 0.3) is 0 Å². The molecule has 2 aromatic rings. The minimum atomic E-state index is -0.292. The molecular weight excluding hydrogens is 216 g/mol. The Balaban J connectivity index is 2.18. The summed E-state index contributed by atoms with van der Waals surface area (Å²) in [7, 11) is 0. The van der Waals surface area contributed by atoms with Crippen LogP contribution in [0.1, 0.15) is 17.3 Å². The van der Waals surface area contributed by atoms with Gasteiger partial charge >= 0.3 is 5.97 Å². The van der Waals surface area contributed by atoms with Crippen LogP contribution in [0.5, 0.6) is 0 Å². The van der Waals surface area contributed by atoms with E-state index in [1.807, 2.05) is 24.5 Å². The monoisotopic (exact) mass is 228 g/mol. The van der Waals surface area contributed by atoms with Gasteiger partial charge in [0, 0.05) is 17.8 Å². The molecule has 0 bridgehead atoms. The largest absolute Gasteiger partial charge is 0.462 e. The third kappa shape index (κ3) is 1.53. The van der Waals surface area contributed by atoms with E-state index in [0.717, 1.165) is 23.1 Å². The fourth-order valence-electron chi connectivity index (χ4n) is 2.14. The molecule has 1 aromatic heterocycles. The van der Waals surface area contributed by atoms with E-state index in [1.165, 1.54) is 0 Å². The van der Waals surface area contributed by atoms with Crippen molar-refractivity contribution in [2.24, 2.45) is 4.99 Å². The van der Waals surface area contributed by atoms with Crippen LogP contribution in [0.15, 0.2) is 29.4 Å². The van der Waals surface area contributed by atoms with E-state index in [2.05, 4.69) is 9.56 Å². The number of ether oxygens (including phenoxy) is 1. The van der Waals surface area contributed by atoms with Crippen molar-refractivity contribution in [1.29, 1.82) is 0 Å². The molecule has 3 rings (SSSR count). The lowest BCUT2D eigenvalue weighted by Gasteiger charge is -2.11. The van der Waals surface area contributed by atoms with Gasteiger partial charge in [0.05, 0.1) is 29.9 Å². The summed E-state index contributed by atoms with van der Waals surface area (Å²) in [5, 5.41) is 1.03. The first-order valence-electron chi connectivity index (χ1n) is 5.62. The predicted molar refractivity (Wildman–Crippen MR) is 66.0 cm³/mol. The summed E-state index contributed by atoms with van der Waals surface area (Å²) in [4.78, 5) is 16.0. The van der Waals surface area contributed by atoms with Crippen LogP contribution in [0.2, 0.25) is 0 Å². The van der Waals surface area contributed by atoms with Crippen LogP contribution in [0.25, 0.3) is 10.9 Å². The second-order valence-corrected chi connectivity index (χ2v) is 3.93. The lowest BCUT2D eigenvalue weighted by molar-refractivity contribution is 0.0526. The quantitative estimate of drug-likeness (QED) is 0.741. The van der Waals surface area contributed by atoms with E-state index in [-0.39, 0.29) is 5.97 Å². The average Bonchev–Trinajstić information content (AvgIpc) is 2.75. The first-order valence-corrected chi connectivity index (χ1v) is 5.62. The highest BCUT2D eigenvalue weighted by Crippen LogP contribution is 2.31. The van der Waals surface area contributed by atoms with Crippen molar-refractivity contribution in [3.63, 3.8) is 0 Å². The van der Waals surface area contributed by atoms with Gasteiger partial charge in [0.1, 0.15) is 0 Å². The summed E-state index contributed by atoms with van der Waals surface area (Å²) < 4.78 is 7.12. The maximum Gasteiger partial charge on any atom is 0.338 e. The molecule has 0 unspecified atom stereocenters. The minimum Gasteiger partial charge on any atom is -0.462 e. The maximum atomic E-state index is 11.7. The number of hydrogen-bond donors (Lipinski definition) is 0. The molecule has 0 aliphatic carbocycles. The Bertz CT molecular complexity index is 626. The molecule has 0 atom stereocenters. The van der Waals surface area contributed by atoms with Gasteiger partial charge in [-0.05, 0) is 25.1 Å². The number of hydrogen-bond acceptors (Lipinski definition) is 3. The van der Waals surface area contributed by atoms with E-state index in [1.54, 1.807) is 13.0 Å². The Morgan fingerprint density at radius 1 is 1.53 bits per heavy atom. The SMILES string of the molecule is CCOC(=O)c1cc2c3c(ccn3CC=N2)c1. The van der Waals surface area contributed by atoms with E-state index < -0.39 is 0 Å². The molecule has 17 heavy (non-hydrogen) atoms. The Labute approximate surface area is 98.5 Å². The molecule has 0 radical (unpaired) electrons. The summed E-state index contributed by atoms with van der Waals surface area (Å²) in [6.07, 6.45) is 3.85. The molecule has 0 fully saturated rings. The second kappa shape index (κ2) is 3.73. The standard InChI is InChI=1S/C13H12N2O2/c1-2-17-13(16)10-7-9-3-5-15-6-4-14-11(8-10)12(9)15/h3-5,7-8H,2,6H2,1H3. The lowest BCUT2D eigenvalue weighted by Crippen LogP contribution is -2.06. The number of aromatic nitrogens is 1. The van der Waals surface area contributed by atoms with Gasteiger partial charge in [0.2, 0.25) is 0 Å². The van der Waals surface area contributed by atoms with Gasteiger partial charge in [-0.25, -0.2) is 4.79 Å². The van der Waals surface area contributed by atoms with Crippen LogP contribution >= 0.6 is 0 Å². The van der Waals surface area contributed by atoms with Gasteiger partial charge in [-0.3, -0.25) is 4.99 Å². The van der Waals surface area contributed by atoms with Crippen LogP contribution in [-0.4, -0.2) is 23.4 Å². The highest BCUT2D eigenvalue weighted by Gasteiger charge is 2.14.